The minimum Gasteiger partial charge on any atom is -0.481 e. The molecule has 0 spiro atoms. The van der Waals surface area contributed by atoms with Gasteiger partial charge in [-0.05, 0) is 41.0 Å². The zero-order valence-electron chi connectivity index (χ0n) is 12.7. The number of hydrogen-bond donors (Lipinski definition) is 1. The molecule has 1 aromatic heterocycles. The molecule has 2 rings (SSSR count). The first-order chi connectivity index (χ1) is 9.28. The van der Waals surface area contributed by atoms with Crippen LogP contribution < -0.4 is 0 Å². The van der Waals surface area contributed by atoms with E-state index in [0.29, 0.717) is 11.8 Å². The fourth-order valence-electron chi connectivity index (χ4n) is 2.72. The number of tetrazole rings is 1. The summed E-state index contributed by atoms with van der Waals surface area (Å²) >= 11 is 0. The maximum Gasteiger partial charge on any atom is 0.305 e. The Morgan fingerprint density at radius 3 is 2.60 bits per heavy atom. The molecule has 1 saturated carbocycles. The summed E-state index contributed by atoms with van der Waals surface area (Å²) < 4.78 is 1.75. The molecule has 0 aromatic carbocycles. The van der Waals surface area contributed by atoms with Gasteiger partial charge in [-0.15, -0.1) is 5.10 Å². The molecule has 20 heavy (non-hydrogen) atoms. The number of rotatable bonds is 6. The van der Waals surface area contributed by atoms with Crippen LogP contribution in [0.1, 0.15) is 71.2 Å². The van der Waals surface area contributed by atoms with Gasteiger partial charge in [-0.3, -0.25) is 4.79 Å². The number of aromatic nitrogens is 4. The van der Waals surface area contributed by atoms with Gasteiger partial charge in [0, 0.05) is 5.92 Å². The van der Waals surface area contributed by atoms with Crippen LogP contribution in [-0.4, -0.2) is 31.3 Å². The third-order valence-electron chi connectivity index (χ3n) is 3.86. The Balaban J connectivity index is 2.23. The highest BCUT2D eigenvalue weighted by molar-refractivity contribution is 5.67. The van der Waals surface area contributed by atoms with Gasteiger partial charge in [-0.25, -0.2) is 4.68 Å². The molecule has 0 bridgehead atoms. The van der Waals surface area contributed by atoms with Gasteiger partial charge in [-0.1, -0.05) is 27.7 Å². The predicted molar refractivity (Wildman–Crippen MR) is 74.3 cm³/mol. The first kappa shape index (κ1) is 14.9. The van der Waals surface area contributed by atoms with Crippen LogP contribution in [0.2, 0.25) is 0 Å². The maximum absolute atomic E-state index is 11.1. The summed E-state index contributed by atoms with van der Waals surface area (Å²) in [6.07, 6.45) is 3.25. The molecule has 1 fully saturated rings. The molecule has 0 saturated heterocycles. The molecule has 1 heterocycles. The molecule has 2 unspecified atom stereocenters. The van der Waals surface area contributed by atoms with Crippen molar-refractivity contribution in [1.29, 1.82) is 0 Å². The van der Waals surface area contributed by atoms with Crippen molar-refractivity contribution < 1.29 is 9.90 Å². The molecule has 1 N–H and O–H groups in total. The Hall–Kier alpha value is -1.46. The normalized spacial score (nSPS) is 18.8. The van der Waals surface area contributed by atoms with Gasteiger partial charge in [0.05, 0.1) is 12.5 Å². The molecule has 1 aliphatic carbocycles. The third-order valence-corrected chi connectivity index (χ3v) is 3.86. The third kappa shape index (κ3) is 3.77. The zero-order chi connectivity index (χ0) is 14.9. The lowest BCUT2D eigenvalue weighted by molar-refractivity contribution is -0.138. The van der Waals surface area contributed by atoms with Crippen molar-refractivity contribution in [2.75, 3.05) is 0 Å². The van der Waals surface area contributed by atoms with E-state index in [1.54, 1.807) is 4.68 Å². The van der Waals surface area contributed by atoms with Crippen LogP contribution in [0.25, 0.3) is 0 Å². The van der Waals surface area contributed by atoms with E-state index >= 15 is 0 Å². The van der Waals surface area contributed by atoms with Gasteiger partial charge < -0.3 is 5.11 Å². The first-order valence-electron chi connectivity index (χ1n) is 7.27. The van der Waals surface area contributed by atoms with Crippen molar-refractivity contribution in [3.8, 4) is 0 Å². The number of nitrogens with zero attached hydrogens (tertiary/aromatic N) is 4. The smallest absolute Gasteiger partial charge is 0.305 e. The van der Waals surface area contributed by atoms with Crippen molar-refractivity contribution in [1.82, 2.24) is 20.2 Å². The van der Waals surface area contributed by atoms with Gasteiger partial charge in [0.25, 0.3) is 0 Å². The maximum atomic E-state index is 11.1. The van der Waals surface area contributed by atoms with Gasteiger partial charge >= 0.3 is 5.97 Å². The van der Waals surface area contributed by atoms with E-state index < -0.39 is 5.97 Å². The van der Waals surface area contributed by atoms with E-state index in [1.165, 1.54) is 12.8 Å². The number of carbonyl (C=O) groups is 1. The summed E-state index contributed by atoms with van der Waals surface area (Å²) in [5.74, 6) is 0.990. The Morgan fingerprint density at radius 2 is 2.10 bits per heavy atom. The van der Waals surface area contributed by atoms with Gasteiger partial charge in [0.1, 0.15) is 0 Å². The molecule has 6 nitrogen and oxygen atoms in total. The molecule has 6 heteroatoms. The molecule has 0 radical (unpaired) electrons. The molecular formula is C14H24N4O2. The van der Waals surface area contributed by atoms with Crippen LogP contribution in [-0.2, 0) is 4.79 Å². The van der Waals surface area contributed by atoms with Gasteiger partial charge in [0.2, 0.25) is 0 Å². The Kier molecular flexibility index (Phi) is 4.11. The molecule has 1 aliphatic rings. The number of carboxylic acids is 1. The highest BCUT2D eigenvalue weighted by Crippen LogP contribution is 2.42. The highest BCUT2D eigenvalue weighted by Gasteiger charge is 2.34. The number of hydrogen-bond acceptors (Lipinski definition) is 4. The summed E-state index contributed by atoms with van der Waals surface area (Å²) in [5.41, 5.74) is 0.0339. The lowest BCUT2D eigenvalue weighted by Crippen LogP contribution is -2.24. The topological polar surface area (TPSA) is 80.9 Å². The van der Waals surface area contributed by atoms with E-state index in [1.807, 2.05) is 0 Å². The van der Waals surface area contributed by atoms with E-state index in [9.17, 15) is 4.79 Å². The summed E-state index contributed by atoms with van der Waals surface area (Å²) in [7, 11) is 0. The van der Waals surface area contributed by atoms with Gasteiger partial charge in [-0.2, -0.15) is 0 Å². The molecule has 2 atom stereocenters. The van der Waals surface area contributed by atoms with E-state index in [2.05, 4.69) is 43.2 Å². The monoisotopic (exact) mass is 280 g/mol. The molecular weight excluding hydrogens is 256 g/mol. The summed E-state index contributed by atoms with van der Waals surface area (Å²) in [6, 6.07) is -0.182. The highest BCUT2D eigenvalue weighted by atomic mass is 16.4. The predicted octanol–water partition coefficient (Wildman–Crippen LogP) is 2.64. The van der Waals surface area contributed by atoms with Gasteiger partial charge in [0.15, 0.2) is 5.82 Å². The average Bonchev–Trinajstić information content (AvgIpc) is 3.02. The molecule has 112 valence electrons. The van der Waals surface area contributed by atoms with Crippen molar-refractivity contribution in [2.24, 2.45) is 11.3 Å². The summed E-state index contributed by atoms with van der Waals surface area (Å²) in [5, 5.41) is 21.2. The second-order valence-corrected chi connectivity index (χ2v) is 7.12. The number of carboxylic acid groups (broad SMARTS) is 1. The van der Waals surface area contributed by atoms with Crippen LogP contribution in [0.4, 0.5) is 0 Å². The minimum atomic E-state index is -0.806. The fraction of sp³-hybridized carbons (Fsp3) is 0.857. The standard InChI is InChI=1S/C14H24N4O2/c1-9(10-5-6-10)13-15-16-17-18(13)11(7-12(19)20)8-14(2,3)4/h9-11H,5-8H2,1-4H3,(H,19,20). The molecule has 0 aliphatic heterocycles. The van der Waals surface area contributed by atoms with Crippen molar-refractivity contribution in [3.63, 3.8) is 0 Å². The number of aliphatic carboxylic acids is 1. The lowest BCUT2D eigenvalue weighted by Gasteiger charge is -2.26. The minimum absolute atomic E-state index is 0.0339. The second-order valence-electron chi connectivity index (χ2n) is 7.12. The SMILES string of the molecule is CC(c1nnnn1C(CC(=O)O)CC(C)(C)C)C1CC1. The van der Waals surface area contributed by atoms with Crippen LogP contribution in [0.3, 0.4) is 0 Å². The fourth-order valence-corrected chi connectivity index (χ4v) is 2.72. The van der Waals surface area contributed by atoms with E-state index in [0.717, 1.165) is 12.2 Å². The van der Waals surface area contributed by atoms with Crippen molar-refractivity contribution >= 4 is 5.97 Å². The van der Waals surface area contributed by atoms with E-state index in [-0.39, 0.29) is 17.9 Å². The Morgan fingerprint density at radius 1 is 1.45 bits per heavy atom. The van der Waals surface area contributed by atoms with Crippen LogP contribution >= 0.6 is 0 Å². The Labute approximate surface area is 119 Å². The van der Waals surface area contributed by atoms with Crippen LogP contribution in [0, 0.1) is 11.3 Å². The lowest BCUT2D eigenvalue weighted by atomic mass is 9.87. The summed E-state index contributed by atoms with van der Waals surface area (Å²) in [4.78, 5) is 11.1. The van der Waals surface area contributed by atoms with Crippen LogP contribution in [0.5, 0.6) is 0 Å². The molecule has 0 amide bonds. The largest absolute Gasteiger partial charge is 0.481 e. The van der Waals surface area contributed by atoms with Crippen molar-refractivity contribution in [2.45, 2.75) is 65.3 Å². The molecule has 1 aromatic rings. The first-order valence-corrected chi connectivity index (χ1v) is 7.27. The zero-order valence-corrected chi connectivity index (χ0v) is 12.7. The average molecular weight is 280 g/mol. The van der Waals surface area contributed by atoms with Crippen molar-refractivity contribution in [3.05, 3.63) is 5.82 Å². The van der Waals surface area contributed by atoms with Crippen LogP contribution in [0.15, 0.2) is 0 Å². The quantitative estimate of drug-likeness (QED) is 0.866. The second kappa shape index (κ2) is 5.50. The Bertz CT molecular complexity index is 474. The van der Waals surface area contributed by atoms with E-state index in [4.69, 9.17) is 5.11 Å². The summed E-state index contributed by atoms with van der Waals surface area (Å²) in [6.45, 7) is 8.46.